The molecule has 1 amide bonds. The van der Waals surface area contributed by atoms with Gasteiger partial charge in [-0.3, -0.25) is 10.1 Å². The normalized spacial score (nSPS) is 10.9. The van der Waals surface area contributed by atoms with E-state index in [1.165, 1.54) is 24.5 Å². The molecule has 0 saturated heterocycles. The zero-order chi connectivity index (χ0) is 23.4. The number of fused-ring (bicyclic) bond motifs is 1. The number of carbonyl (C=O) groups excluding carboxylic acids is 1. The van der Waals surface area contributed by atoms with Crippen LogP contribution >= 0.6 is 35.4 Å². The van der Waals surface area contributed by atoms with Crippen molar-refractivity contribution in [2.24, 2.45) is 0 Å². The lowest BCUT2D eigenvalue weighted by Crippen LogP contribution is -2.34. The third kappa shape index (κ3) is 5.68. The predicted molar refractivity (Wildman–Crippen MR) is 138 cm³/mol. The summed E-state index contributed by atoms with van der Waals surface area (Å²) < 4.78 is 0. The van der Waals surface area contributed by atoms with Crippen LogP contribution < -0.4 is 10.6 Å². The van der Waals surface area contributed by atoms with Crippen molar-refractivity contribution in [3.8, 4) is 5.69 Å². The summed E-state index contributed by atoms with van der Waals surface area (Å²) in [5.41, 5.74) is 4.69. The molecule has 0 unspecified atom stereocenters. The number of aromatic nitrogens is 3. The number of carbonyl (C=O) groups is 1. The molecule has 2 N–H and O–H groups in total. The molecular formula is C24H21Cl2N5OS. The third-order valence-electron chi connectivity index (χ3n) is 5.03. The molecule has 1 heterocycles. The van der Waals surface area contributed by atoms with E-state index in [9.17, 15) is 4.79 Å². The number of nitrogens with one attached hydrogen (secondary N) is 2. The van der Waals surface area contributed by atoms with E-state index in [2.05, 4.69) is 39.9 Å². The summed E-state index contributed by atoms with van der Waals surface area (Å²) >= 11 is 17.2. The summed E-state index contributed by atoms with van der Waals surface area (Å²) in [5.74, 6) is -0.388. The summed E-state index contributed by atoms with van der Waals surface area (Å²) in [6.45, 7) is 2.19. The van der Waals surface area contributed by atoms with Crippen LogP contribution in [0, 0.1) is 0 Å². The van der Waals surface area contributed by atoms with Crippen LogP contribution in [-0.2, 0) is 6.42 Å². The molecule has 1 aromatic heterocycles. The molecule has 0 aliphatic rings. The van der Waals surface area contributed by atoms with Gasteiger partial charge in [0.05, 0.1) is 15.7 Å². The van der Waals surface area contributed by atoms with E-state index in [0.717, 1.165) is 17.6 Å². The topological polar surface area (TPSA) is 71.8 Å². The molecule has 4 aromatic rings. The first-order valence-electron chi connectivity index (χ1n) is 10.5. The van der Waals surface area contributed by atoms with Crippen molar-refractivity contribution in [1.29, 1.82) is 0 Å². The largest absolute Gasteiger partial charge is 0.332 e. The average Bonchev–Trinajstić information content (AvgIpc) is 3.23. The number of halogens is 2. The maximum absolute atomic E-state index is 12.4. The van der Waals surface area contributed by atoms with Gasteiger partial charge in [-0.2, -0.15) is 4.80 Å². The lowest BCUT2D eigenvalue weighted by atomic mass is 10.1. The van der Waals surface area contributed by atoms with Gasteiger partial charge in [-0.15, -0.1) is 10.2 Å². The number of anilines is 1. The van der Waals surface area contributed by atoms with Crippen LogP contribution in [0.5, 0.6) is 0 Å². The number of thiocarbonyl (C=S) groups is 1. The minimum absolute atomic E-state index is 0.153. The number of rotatable bonds is 6. The molecule has 6 nitrogen and oxygen atoms in total. The van der Waals surface area contributed by atoms with E-state index in [1.807, 2.05) is 30.3 Å². The van der Waals surface area contributed by atoms with Crippen LogP contribution in [0.1, 0.15) is 35.7 Å². The quantitative estimate of drug-likeness (QED) is 0.310. The highest BCUT2D eigenvalue weighted by Crippen LogP contribution is 2.23. The lowest BCUT2D eigenvalue weighted by Gasteiger charge is -2.10. The second-order valence-electron chi connectivity index (χ2n) is 7.50. The standard InChI is InChI=1S/C24H21Cl2N5OS/c1-2-3-4-15-5-9-18(10-6-15)31-29-21-12-8-17(14-22(21)30-31)27-24(33)28-23(32)16-7-11-19(25)20(26)13-16/h5-14H,2-4H2,1H3,(H2,27,28,32,33). The minimum Gasteiger partial charge on any atom is -0.332 e. The van der Waals surface area contributed by atoms with Crippen LogP contribution in [0.2, 0.25) is 10.0 Å². The van der Waals surface area contributed by atoms with E-state index in [1.54, 1.807) is 16.9 Å². The van der Waals surface area contributed by atoms with Crippen LogP contribution in [-0.4, -0.2) is 26.0 Å². The Balaban J connectivity index is 1.44. The van der Waals surface area contributed by atoms with Gasteiger partial charge in [0.15, 0.2) is 5.11 Å². The van der Waals surface area contributed by atoms with Gasteiger partial charge in [-0.1, -0.05) is 48.7 Å². The first kappa shape index (κ1) is 23.2. The van der Waals surface area contributed by atoms with Crippen LogP contribution in [0.3, 0.4) is 0 Å². The van der Waals surface area contributed by atoms with Gasteiger partial charge in [0, 0.05) is 11.3 Å². The number of nitrogens with zero attached hydrogens (tertiary/aromatic N) is 3. The van der Waals surface area contributed by atoms with Crippen molar-refractivity contribution in [3.05, 3.63) is 81.8 Å². The Hall–Kier alpha value is -3.00. The first-order valence-corrected chi connectivity index (χ1v) is 11.6. The second kappa shape index (κ2) is 10.3. The van der Waals surface area contributed by atoms with Gasteiger partial charge < -0.3 is 5.32 Å². The smallest absolute Gasteiger partial charge is 0.257 e. The maximum atomic E-state index is 12.4. The first-order chi connectivity index (χ1) is 15.9. The van der Waals surface area contributed by atoms with Crippen molar-refractivity contribution in [2.75, 3.05) is 5.32 Å². The molecule has 0 spiro atoms. The summed E-state index contributed by atoms with van der Waals surface area (Å²) in [5, 5.41) is 15.6. The minimum atomic E-state index is -0.388. The summed E-state index contributed by atoms with van der Waals surface area (Å²) in [7, 11) is 0. The second-order valence-corrected chi connectivity index (χ2v) is 8.72. The molecule has 0 aliphatic heterocycles. The van der Waals surface area contributed by atoms with E-state index < -0.39 is 0 Å². The van der Waals surface area contributed by atoms with E-state index in [0.29, 0.717) is 26.8 Å². The van der Waals surface area contributed by atoms with Crippen LogP contribution in [0.15, 0.2) is 60.7 Å². The van der Waals surface area contributed by atoms with Crippen molar-refractivity contribution in [1.82, 2.24) is 20.3 Å². The van der Waals surface area contributed by atoms with Crippen molar-refractivity contribution in [2.45, 2.75) is 26.2 Å². The Kier molecular flexibility index (Phi) is 7.23. The molecule has 0 fully saturated rings. The molecule has 0 aliphatic carbocycles. The fraction of sp³-hybridized carbons (Fsp3) is 0.167. The van der Waals surface area contributed by atoms with E-state index >= 15 is 0 Å². The van der Waals surface area contributed by atoms with Gasteiger partial charge in [-0.05, 0) is 79.2 Å². The average molecular weight is 498 g/mol. The molecule has 0 bridgehead atoms. The van der Waals surface area contributed by atoms with Gasteiger partial charge in [0.2, 0.25) is 0 Å². The number of hydrogen-bond acceptors (Lipinski definition) is 4. The molecule has 33 heavy (non-hydrogen) atoms. The molecular weight excluding hydrogens is 477 g/mol. The molecule has 9 heteroatoms. The Morgan fingerprint density at radius 2 is 1.73 bits per heavy atom. The predicted octanol–water partition coefficient (Wildman–Crippen LogP) is 6.20. The Bertz CT molecular complexity index is 1320. The number of unbranched alkanes of at least 4 members (excludes halogenated alkanes) is 1. The number of hydrogen-bond donors (Lipinski definition) is 2. The summed E-state index contributed by atoms with van der Waals surface area (Å²) in [4.78, 5) is 14.0. The van der Waals surface area contributed by atoms with Crippen molar-refractivity contribution in [3.63, 3.8) is 0 Å². The molecule has 0 saturated carbocycles. The highest BCUT2D eigenvalue weighted by atomic mass is 35.5. The van der Waals surface area contributed by atoms with Gasteiger partial charge in [0.25, 0.3) is 5.91 Å². The van der Waals surface area contributed by atoms with E-state index in [-0.39, 0.29) is 11.0 Å². The van der Waals surface area contributed by atoms with Crippen molar-refractivity contribution < 1.29 is 4.79 Å². The molecule has 0 atom stereocenters. The van der Waals surface area contributed by atoms with Gasteiger partial charge in [0.1, 0.15) is 11.0 Å². The number of aryl methyl sites for hydroxylation is 1. The molecule has 168 valence electrons. The number of benzene rings is 3. The molecule has 3 aromatic carbocycles. The third-order valence-corrected chi connectivity index (χ3v) is 5.98. The summed E-state index contributed by atoms with van der Waals surface area (Å²) in [6.07, 6.45) is 3.42. The van der Waals surface area contributed by atoms with Crippen LogP contribution in [0.25, 0.3) is 16.7 Å². The Labute approximate surface area is 206 Å². The fourth-order valence-corrected chi connectivity index (χ4v) is 3.77. The van der Waals surface area contributed by atoms with Crippen LogP contribution in [0.4, 0.5) is 5.69 Å². The zero-order valence-corrected chi connectivity index (χ0v) is 20.1. The Morgan fingerprint density at radius 1 is 0.970 bits per heavy atom. The summed E-state index contributed by atoms with van der Waals surface area (Å²) in [6, 6.07) is 18.4. The maximum Gasteiger partial charge on any atom is 0.257 e. The fourth-order valence-electron chi connectivity index (χ4n) is 3.26. The molecule has 4 rings (SSSR count). The Morgan fingerprint density at radius 3 is 2.45 bits per heavy atom. The highest BCUT2D eigenvalue weighted by molar-refractivity contribution is 7.80. The zero-order valence-electron chi connectivity index (χ0n) is 17.8. The van der Waals surface area contributed by atoms with E-state index in [4.69, 9.17) is 35.4 Å². The van der Waals surface area contributed by atoms with Gasteiger partial charge >= 0.3 is 0 Å². The van der Waals surface area contributed by atoms with Gasteiger partial charge in [-0.25, -0.2) is 0 Å². The highest BCUT2D eigenvalue weighted by Gasteiger charge is 2.11. The number of amides is 1. The molecule has 0 radical (unpaired) electrons. The SMILES string of the molecule is CCCCc1ccc(-n2nc3ccc(NC(=S)NC(=O)c4ccc(Cl)c(Cl)c4)cc3n2)cc1. The monoisotopic (exact) mass is 497 g/mol. The lowest BCUT2D eigenvalue weighted by molar-refractivity contribution is 0.0977. The van der Waals surface area contributed by atoms with Crippen molar-refractivity contribution >= 4 is 63.2 Å².